The quantitative estimate of drug-likeness (QED) is 0.779. The van der Waals surface area contributed by atoms with E-state index in [0.717, 1.165) is 23.8 Å². The first kappa shape index (κ1) is 14.0. The highest BCUT2D eigenvalue weighted by molar-refractivity contribution is 7.10. The molecule has 0 radical (unpaired) electrons. The third-order valence-corrected chi connectivity index (χ3v) is 4.49. The Morgan fingerprint density at radius 3 is 2.81 bits per heavy atom. The van der Waals surface area contributed by atoms with Gasteiger partial charge in [0.1, 0.15) is 5.52 Å². The Labute approximate surface area is 125 Å². The number of nitrogens with zero attached hydrogens (tertiary/aromatic N) is 2. The van der Waals surface area contributed by atoms with Crippen molar-refractivity contribution >= 4 is 28.3 Å². The van der Waals surface area contributed by atoms with Crippen LogP contribution in [0.25, 0.3) is 11.0 Å². The molecule has 1 aromatic carbocycles. The molecule has 0 aliphatic heterocycles. The summed E-state index contributed by atoms with van der Waals surface area (Å²) < 4.78 is 29.4. The molecular formula is C15H15F2N3S. The van der Waals surface area contributed by atoms with Crippen molar-refractivity contribution in [2.24, 2.45) is 0 Å². The average Bonchev–Trinajstić information content (AvgIpc) is 3.08. The van der Waals surface area contributed by atoms with Crippen molar-refractivity contribution < 1.29 is 8.78 Å². The lowest BCUT2D eigenvalue weighted by atomic mass is 10.1. The second-order valence-electron chi connectivity index (χ2n) is 4.89. The second kappa shape index (κ2) is 5.44. The molecule has 0 saturated heterocycles. The van der Waals surface area contributed by atoms with Crippen LogP contribution in [0.3, 0.4) is 0 Å². The Balaban J connectivity index is 2.26. The summed E-state index contributed by atoms with van der Waals surface area (Å²) in [6.45, 7) is 2.05. The van der Waals surface area contributed by atoms with Gasteiger partial charge in [0.15, 0.2) is 11.6 Å². The molecule has 110 valence electrons. The van der Waals surface area contributed by atoms with Crippen LogP contribution < -0.4 is 5.73 Å². The van der Waals surface area contributed by atoms with E-state index in [2.05, 4.69) is 4.98 Å². The molecule has 0 spiro atoms. The van der Waals surface area contributed by atoms with E-state index in [1.165, 1.54) is 6.07 Å². The number of nitrogens with two attached hydrogens (primary N) is 1. The van der Waals surface area contributed by atoms with Gasteiger partial charge in [0, 0.05) is 4.88 Å². The summed E-state index contributed by atoms with van der Waals surface area (Å²) in [6.07, 6.45) is 1.69. The zero-order valence-corrected chi connectivity index (χ0v) is 12.3. The number of aromatic nitrogens is 2. The SMILES string of the molecule is CCCC(c1cccs1)n1c(N)nc2ccc(F)c(F)c21. The summed E-state index contributed by atoms with van der Waals surface area (Å²) in [7, 11) is 0. The fourth-order valence-corrected chi connectivity index (χ4v) is 3.46. The molecular weight excluding hydrogens is 292 g/mol. The number of nitrogen functional groups attached to an aromatic ring is 1. The Morgan fingerprint density at radius 2 is 2.14 bits per heavy atom. The number of halogens is 2. The van der Waals surface area contributed by atoms with E-state index in [1.54, 1.807) is 15.9 Å². The van der Waals surface area contributed by atoms with Crippen LogP contribution in [0.1, 0.15) is 30.7 Å². The second-order valence-corrected chi connectivity index (χ2v) is 5.87. The van der Waals surface area contributed by atoms with Gasteiger partial charge in [-0.05, 0) is 30.0 Å². The van der Waals surface area contributed by atoms with Gasteiger partial charge in [-0.3, -0.25) is 4.57 Å². The molecule has 0 fully saturated rings. The molecule has 0 aliphatic carbocycles. The molecule has 0 aliphatic rings. The van der Waals surface area contributed by atoms with E-state index in [4.69, 9.17) is 5.73 Å². The third kappa shape index (κ3) is 2.29. The van der Waals surface area contributed by atoms with Crippen LogP contribution >= 0.6 is 11.3 Å². The van der Waals surface area contributed by atoms with E-state index in [1.807, 2.05) is 24.4 Å². The molecule has 6 heteroatoms. The summed E-state index contributed by atoms with van der Waals surface area (Å²) >= 11 is 1.58. The fourth-order valence-electron chi connectivity index (χ4n) is 2.61. The van der Waals surface area contributed by atoms with Crippen LogP contribution in [0, 0.1) is 11.6 Å². The minimum absolute atomic E-state index is 0.128. The van der Waals surface area contributed by atoms with Crippen molar-refractivity contribution in [2.45, 2.75) is 25.8 Å². The summed E-state index contributed by atoms with van der Waals surface area (Å²) in [5, 5.41) is 1.96. The molecule has 3 nitrogen and oxygen atoms in total. The van der Waals surface area contributed by atoms with Crippen LogP contribution in [0.5, 0.6) is 0 Å². The van der Waals surface area contributed by atoms with Crippen LogP contribution in [0.15, 0.2) is 29.6 Å². The summed E-state index contributed by atoms with van der Waals surface area (Å²) in [5.41, 5.74) is 6.49. The van der Waals surface area contributed by atoms with Crippen LogP contribution in [0.4, 0.5) is 14.7 Å². The minimum atomic E-state index is -0.894. The number of rotatable bonds is 4. The number of imidazole rings is 1. The molecule has 1 unspecified atom stereocenters. The first-order valence-electron chi connectivity index (χ1n) is 6.78. The van der Waals surface area contributed by atoms with Gasteiger partial charge in [-0.15, -0.1) is 11.3 Å². The van der Waals surface area contributed by atoms with Gasteiger partial charge in [-0.2, -0.15) is 0 Å². The number of hydrogen-bond donors (Lipinski definition) is 1. The van der Waals surface area contributed by atoms with Gasteiger partial charge in [0.2, 0.25) is 5.95 Å². The maximum absolute atomic E-state index is 14.2. The average molecular weight is 307 g/mol. The number of thiophene rings is 1. The minimum Gasteiger partial charge on any atom is -0.369 e. The van der Waals surface area contributed by atoms with Crippen LogP contribution in [0.2, 0.25) is 0 Å². The largest absolute Gasteiger partial charge is 0.369 e. The van der Waals surface area contributed by atoms with Crippen molar-refractivity contribution in [1.82, 2.24) is 9.55 Å². The van der Waals surface area contributed by atoms with Crippen molar-refractivity contribution in [2.75, 3.05) is 5.73 Å². The Morgan fingerprint density at radius 1 is 1.33 bits per heavy atom. The highest BCUT2D eigenvalue weighted by Crippen LogP contribution is 2.34. The summed E-state index contributed by atoms with van der Waals surface area (Å²) in [4.78, 5) is 5.23. The molecule has 0 saturated carbocycles. The van der Waals surface area contributed by atoms with Crippen molar-refractivity contribution in [3.63, 3.8) is 0 Å². The molecule has 2 heterocycles. The topological polar surface area (TPSA) is 43.8 Å². The monoisotopic (exact) mass is 307 g/mol. The van der Waals surface area contributed by atoms with Gasteiger partial charge < -0.3 is 5.73 Å². The number of anilines is 1. The Bertz CT molecular complexity index is 765. The van der Waals surface area contributed by atoms with E-state index in [9.17, 15) is 8.78 Å². The van der Waals surface area contributed by atoms with E-state index in [-0.39, 0.29) is 17.5 Å². The lowest BCUT2D eigenvalue weighted by Gasteiger charge is -2.19. The van der Waals surface area contributed by atoms with E-state index >= 15 is 0 Å². The van der Waals surface area contributed by atoms with Crippen molar-refractivity contribution in [3.05, 3.63) is 46.2 Å². The molecule has 1 atom stereocenters. The molecule has 2 aromatic heterocycles. The Kier molecular flexibility index (Phi) is 3.63. The molecule has 0 amide bonds. The van der Waals surface area contributed by atoms with E-state index in [0.29, 0.717) is 5.52 Å². The van der Waals surface area contributed by atoms with Gasteiger partial charge in [0.25, 0.3) is 0 Å². The summed E-state index contributed by atoms with van der Waals surface area (Å²) in [6, 6.07) is 6.32. The zero-order valence-electron chi connectivity index (χ0n) is 11.5. The molecule has 3 aromatic rings. The molecule has 0 bridgehead atoms. The van der Waals surface area contributed by atoms with Gasteiger partial charge in [-0.1, -0.05) is 19.4 Å². The highest BCUT2D eigenvalue weighted by atomic mass is 32.1. The van der Waals surface area contributed by atoms with Gasteiger partial charge in [0.05, 0.1) is 11.6 Å². The number of benzene rings is 1. The predicted octanol–water partition coefficient (Wildman–Crippen LogP) is 4.35. The predicted molar refractivity (Wildman–Crippen MR) is 81.4 cm³/mol. The van der Waals surface area contributed by atoms with Crippen LogP contribution in [-0.4, -0.2) is 9.55 Å². The number of fused-ring (bicyclic) bond motifs is 1. The van der Waals surface area contributed by atoms with Gasteiger partial charge in [-0.25, -0.2) is 13.8 Å². The maximum Gasteiger partial charge on any atom is 0.201 e. The van der Waals surface area contributed by atoms with Crippen LogP contribution in [-0.2, 0) is 0 Å². The summed E-state index contributed by atoms with van der Waals surface area (Å²) in [5.74, 6) is -1.57. The molecule has 21 heavy (non-hydrogen) atoms. The fraction of sp³-hybridized carbons (Fsp3) is 0.267. The highest BCUT2D eigenvalue weighted by Gasteiger charge is 2.23. The number of hydrogen-bond acceptors (Lipinski definition) is 3. The zero-order chi connectivity index (χ0) is 15.0. The maximum atomic E-state index is 14.2. The molecule has 2 N–H and O–H groups in total. The third-order valence-electron chi connectivity index (χ3n) is 3.52. The van der Waals surface area contributed by atoms with Crippen molar-refractivity contribution in [3.8, 4) is 0 Å². The normalized spacial score (nSPS) is 12.9. The van der Waals surface area contributed by atoms with E-state index < -0.39 is 11.6 Å². The van der Waals surface area contributed by atoms with Gasteiger partial charge >= 0.3 is 0 Å². The standard InChI is InChI=1S/C15H15F2N3S/c1-2-4-11(12-5-3-8-21-12)20-14-10(19-15(20)18)7-6-9(16)13(14)17/h3,5-8,11H,2,4H2,1H3,(H2,18,19). The first-order valence-corrected chi connectivity index (χ1v) is 7.66. The van der Waals surface area contributed by atoms with Crippen molar-refractivity contribution in [1.29, 1.82) is 0 Å². The lowest BCUT2D eigenvalue weighted by molar-refractivity contribution is 0.502. The lowest BCUT2D eigenvalue weighted by Crippen LogP contribution is -2.13. The Hall–Kier alpha value is -1.95. The smallest absolute Gasteiger partial charge is 0.201 e. The first-order chi connectivity index (χ1) is 10.1. The molecule has 3 rings (SSSR count).